The molecule has 1 fully saturated rings. The number of allylic oxidation sites excluding steroid dienone is 4. The van der Waals surface area contributed by atoms with E-state index in [9.17, 15) is 0 Å². The quantitative estimate of drug-likeness (QED) is 0.341. The van der Waals surface area contributed by atoms with E-state index >= 15 is 0 Å². The molecule has 1 saturated carbocycles. The van der Waals surface area contributed by atoms with Gasteiger partial charge in [0.25, 0.3) is 5.95 Å². The first-order chi connectivity index (χ1) is 12.5. The number of hydrogen-bond donors (Lipinski definition) is 0. The molecule has 0 aromatic heterocycles. The van der Waals surface area contributed by atoms with E-state index in [1.807, 2.05) is 13.8 Å². The highest BCUT2D eigenvalue weighted by molar-refractivity contribution is 5.23. The summed E-state index contributed by atoms with van der Waals surface area (Å²) in [5.74, 6) is 2.87. The summed E-state index contributed by atoms with van der Waals surface area (Å²) in [4.78, 5) is 0. The molecule has 2 aliphatic rings. The molecule has 26 heavy (non-hydrogen) atoms. The summed E-state index contributed by atoms with van der Waals surface area (Å²) in [6.45, 7) is 13.4. The molecule has 4 atom stereocenters. The molecule has 0 N–H and O–H groups in total. The Kier molecular flexibility index (Phi) is 8.77. The molecule has 0 aliphatic heterocycles. The van der Waals surface area contributed by atoms with Gasteiger partial charge in [-0.2, -0.15) is 0 Å². The van der Waals surface area contributed by atoms with Crippen LogP contribution < -0.4 is 0 Å². The van der Waals surface area contributed by atoms with Crippen LogP contribution in [0.5, 0.6) is 0 Å². The average Bonchev–Trinajstić information content (AvgIpc) is 3.03. The van der Waals surface area contributed by atoms with Crippen LogP contribution in [0, 0.1) is 23.7 Å². The smallest absolute Gasteiger partial charge is 0.273 e. The van der Waals surface area contributed by atoms with Crippen LogP contribution in [0.15, 0.2) is 36.3 Å². The van der Waals surface area contributed by atoms with E-state index in [0.29, 0.717) is 36.9 Å². The lowest BCUT2D eigenvalue weighted by Gasteiger charge is -2.27. The molecule has 4 unspecified atom stereocenters. The van der Waals surface area contributed by atoms with Crippen LogP contribution in [0.2, 0.25) is 0 Å². The third kappa shape index (κ3) is 6.83. The Bertz CT molecular complexity index is 488. The zero-order valence-corrected chi connectivity index (χ0v) is 17.2. The van der Waals surface area contributed by atoms with Crippen LogP contribution in [0.4, 0.5) is 0 Å². The van der Waals surface area contributed by atoms with Gasteiger partial charge in [0.2, 0.25) is 0 Å². The fourth-order valence-corrected chi connectivity index (χ4v) is 4.25. The molecule has 3 nitrogen and oxygen atoms in total. The molecule has 0 heterocycles. The van der Waals surface area contributed by atoms with Crippen LogP contribution in [0.1, 0.15) is 66.2 Å². The van der Waals surface area contributed by atoms with Crippen molar-refractivity contribution in [1.29, 1.82) is 0 Å². The largest absolute Gasteiger partial charge is 0.466 e. The summed E-state index contributed by atoms with van der Waals surface area (Å²) < 4.78 is 16.6. The van der Waals surface area contributed by atoms with Crippen molar-refractivity contribution in [1.82, 2.24) is 0 Å². The molecule has 0 bridgehead atoms. The predicted octanol–water partition coefficient (Wildman–Crippen LogP) is 6.23. The fourth-order valence-electron chi connectivity index (χ4n) is 4.25. The van der Waals surface area contributed by atoms with Gasteiger partial charge in [0.05, 0.1) is 13.2 Å². The summed E-state index contributed by atoms with van der Waals surface area (Å²) in [7, 11) is 0. The summed E-state index contributed by atoms with van der Waals surface area (Å²) in [6, 6.07) is 0. The van der Waals surface area contributed by atoms with Crippen LogP contribution in [0.3, 0.4) is 0 Å². The summed E-state index contributed by atoms with van der Waals surface area (Å²) in [5.41, 5.74) is 1.55. The van der Waals surface area contributed by atoms with Gasteiger partial charge in [-0.15, -0.1) is 0 Å². The third-order valence-corrected chi connectivity index (χ3v) is 5.79. The monoisotopic (exact) mass is 362 g/mol. The Morgan fingerprint density at radius 2 is 2.00 bits per heavy atom. The highest BCUT2D eigenvalue weighted by Crippen LogP contribution is 2.34. The van der Waals surface area contributed by atoms with Gasteiger partial charge in [-0.3, -0.25) is 0 Å². The van der Waals surface area contributed by atoms with Crippen LogP contribution in [-0.2, 0) is 14.2 Å². The minimum Gasteiger partial charge on any atom is -0.466 e. The van der Waals surface area contributed by atoms with E-state index in [4.69, 9.17) is 14.2 Å². The van der Waals surface area contributed by atoms with Crippen molar-refractivity contribution in [2.75, 3.05) is 13.2 Å². The maximum Gasteiger partial charge on any atom is 0.273 e. The first-order valence-corrected chi connectivity index (χ1v) is 10.5. The Balaban J connectivity index is 1.80. The second-order valence-corrected chi connectivity index (χ2v) is 8.08. The molecule has 0 saturated heterocycles. The molecule has 0 spiro atoms. The van der Waals surface area contributed by atoms with E-state index in [2.05, 4.69) is 38.7 Å². The first kappa shape index (κ1) is 21.1. The fraction of sp³-hybridized carbons (Fsp3) is 0.739. The third-order valence-electron chi connectivity index (χ3n) is 5.79. The average molecular weight is 363 g/mol. The van der Waals surface area contributed by atoms with E-state index in [0.717, 1.165) is 12.3 Å². The van der Waals surface area contributed by atoms with Gasteiger partial charge in [-0.25, -0.2) is 0 Å². The minimum atomic E-state index is -0.336. The maximum atomic E-state index is 5.88. The Hall–Kier alpha value is -1.22. The second kappa shape index (κ2) is 10.8. The Morgan fingerprint density at radius 1 is 1.27 bits per heavy atom. The molecule has 3 heteroatoms. The summed E-state index contributed by atoms with van der Waals surface area (Å²) in [5, 5.41) is 0. The minimum absolute atomic E-state index is 0.330. The topological polar surface area (TPSA) is 27.7 Å². The highest BCUT2D eigenvalue weighted by Gasteiger charge is 2.24. The molecular weight excluding hydrogens is 324 g/mol. The van der Waals surface area contributed by atoms with Gasteiger partial charge in [0, 0.05) is 0 Å². The number of rotatable bonds is 10. The van der Waals surface area contributed by atoms with Crippen molar-refractivity contribution in [3.63, 3.8) is 0 Å². The van der Waals surface area contributed by atoms with Crippen LogP contribution in [0.25, 0.3) is 0 Å². The van der Waals surface area contributed by atoms with Gasteiger partial charge in [-0.05, 0) is 56.9 Å². The lowest BCUT2D eigenvalue weighted by molar-refractivity contribution is -0.147. The Labute approximate surface area is 160 Å². The Morgan fingerprint density at radius 3 is 2.69 bits per heavy atom. The zero-order valence-electron chi connectivity index (χ0n) is 17.2. The van der Waals surface area contributed by atoms with E-state index < -0.39 is 0 Å². The molecule has 0 radical (unpaired) electrons. The SMILES string of the molecule is C=C(OCC)OC(C)OCC(C)C1C=CC(CC2CCCC2)=CCC1C. The molecular formula is C23H38O3. The normalized spacial score (nSPS) is 26.1. The highest BCUT2D eigenvalue weighted by atomic mass is 16.8. The van der Waals surface area contributed by atoms with E-state index in [-0.39, 0.29) is 6.29 Å². The number of hydrogen-bond acceptors (Lipinski definition) is 3. The second-order valence-electron chi connectivity index (χ2n) is 8.08. The molecule has 2 aliphatic carbocycles. The predicted molar refractivity (Wildman–Crippen MR) is 107 cm³/mol. The van der Waals surface area contributed by atoms with Crippen LogP contribution in [-0.4, -0.2) is 19.5 Å². The number of ether oxygens (including phenoxy) is 3. The van der Waals surface area contributed by atoms with Gasteiger partial charge >= 0.3 is 0 Å². The van der Waals surface area contributed by atoms with Crippen LogP contribution >= 0.6 is 0 Å². The van der Waals surface area contributed by atoms with Gasteiger partial charge < -0.3 is 14.2 Å². The van der Waals surface area contributed by atoms with Crippen molar-refractivity contribution < 1.29 is 14.2 Å². The van der Waals surface area contributed by atoms with Gasteiger partial charge in [0.1, 0.15) is 0 Å². The summed E-state index contributed by atoms with van der Waals surface area (Å²) in [6.07, 6.45) is 15.1. The zero-order chi connectivity index (χ0) is 18.9. The van der Waals surface area contributed by atoms with Crippen molar-refractivity contribution in [2.45, 2.75) is 72.5 Å². The molecule has 148 valence electrons. The first-order valence-electron chi connectivity index (χ1n) is 10.5. The molecule has 0 aromatic rings. The summed E-state index contributed by atoms with van der Waals surface area (Å²) >= 11 is 0. The molecule has 2 rings (SSSR count). The lowest BCUT2D eigenvalue weighted by Crippen LogP contribution is -2.24. The van der Waals surface area contributed by atoms with Gasteiger partial charge in [-0.1, -0.05) is 63.3 Å². The molecule has 0 amide bonds. The van der Waals surface area contributed by atoms with Gasteiger partial charge in [0.15, 0.2) is 6.29 Å². The van der Waals surface area contributed by atoms with Crippen molar-refractivity contribution in [2.24, 2.45) is 23.7 Å². The van der Waals surface area contributed by atoms with Crippen molar-refractivity contribution in [3.05, 3.63) is 36.3 Å². The van der Waals surface area contributed by atoms with Crippen molar-refractivity contribution >= 4 is 0 Å². The molecule has 0 aromatic carbocycles. The van der Waals surface area contributed by atoms with Crippen molar-refractivity contribution in [3.8, 4) is 0 Å². The standard InChI is InChI=1S/C23H38O3/c1-6-24-19(4)26-20(5)25-16-18(3)23-14-13-22(12-11-17(23)2)15-21-9-7-8-10-21/h12-14,17-18,20-21,23H,4,6-11,15-16H2,1-3,5H3. The van der Waals surface area contributed by atoms with E-state index in [1.54, 1.807) is 5.57 Å². The lowest BCUT2D eigenvalue weighted by atomic mass is 9.82. The maximum absolute atomic E-state index is 5.88. The van der Waals surface area contributed by atoms with E-state index in [1.165, 1.54) is 32.1 Å².